The van der Waals surface area contributed by atoms with Gasteiger partial charge in [0, 0.05) is 12.8 Å². The lowest BCUT2D eigenvalue weighted by molar-refractivity contribution is -0.124. The molecule has 0 heterocycles. The highest BCUT2D eigenvalue weighted by molar-refractivity contribution is 5.76. The lowest BCUT2D eigenvalue weighted by atomic mass is 9.96. The van der Waals surface area contributed by atoms with Gasteiger partial charge in [0.25, 0.3) is 0 Å². The Hall–Kier alpha value is -0.510. The van der Waals surface area contributed by atoms with Crippen LogP contribution in [0.5, 0.6) is 0 Å². The van der Waals surface area contributed by atoms with Gasteiger partial charge in [-0.3, -0.25) is 4.79 Å². The van der Waals surface area contributed by atoms with Crippen molar-refractivity contribution in [2.45, 2.75) is 57.5 Å². The van der Waals surface area contributed by atoms with Crippen LogP contribution in [-0.4, -0.2) is 24.4 Å². The van der Waals surface area contributed by atoms with Gasteiger partial charge in [-0.25, -0.2) is 8.78 Å². The van der Waals surface area contributed by atoms with Crippen molar-refractivity contribution in [3.8, 4) is 0 Å². The highest BCUT2D eigenvalue weighted by Crippen LogP contribution is 2.31. The van der Waals surface area contributed by atoms with E-state index in [2.05, 4.69) is 0 Å². The van der Waals surface area contributed by atoms with Crippen molar-refractivity contribution in [2.24, 2.45) is 0 Å². The fourth-order valence-corrected chi connectivity index (χ4v) is 1.80. The second-order valence-corrected chi connectivity index (χ2v) is 4.28. The van der Waals surface area contributed by atoms with Crippen LogP contribution < -0.4 is 0 Å². The molecule has 0 amide bonds. The third kappa shape index (κ3) is 5.21. The molecule has 0 aromatic heterocycles. The van der Waals surface area contributed by atoms with Crippen LogP contribution in [0.15, 0.2) is 0 Å². The van der Waals surface area contributed by atoms with Crippen LogP contribution in [-0.2, 0) is 9.53 Å². The molecule has 1 atom stereocenters. The van der Waals surface area contributed by atoms with E-state index >= 15 is 0 Å². The third-order valence-corrected chi connectivity index (χ3v) is 2.67. The van der Waals surface area contributed by atoms with Crippen LogP contribution >= 0.6 is 0 Å². The highest BCUT2D eigenvalue weighted by atomic mass is 19.3. The normalized spacial score (nSPS) is 26.7. The first-order valence-electron chi connectivity index (χ1n) is 5.48. The number of Topliss-reactive ketones (excluding diaryl/α,β-unsaturated/α-hetero) is 1. The van der Waals surface area contributed by atoms with Crippen LogP contribution in [0.1, 0.15) is 45.4 Å². The number of halogens is 2. The van der Waals surface area contributed by atoms with Crippen LogP contribution in [0.2, 0.25) is 0 Å². The molecule has 0 spiro atoms. The van der Waals surface area contributed by atoms with Gasteiger partial charge in [-0.15, -0.1) is 0 Å². The summed E-state index contributed by atoms with van der Waals surface area (Å²) in [5, 5.41) is 0. The van der Waals surface area contributed by atoms with E-state index in [9.17, 15) is 13.6 Å². The molecule has 1 saturated carbocycles. The van der Waals surface area contributed by atoms with Gasteiger partial charge in [-0.2, -0.15) is 0 Å². The third-order valence-electron chi connectivity index (χ3n) is 2.67. The van der Waals surface area contributed by atoms with Crippen molar-refractivity contribution in [2.75, 3.05) is 6.61 Å². The lowest BCUT2D eigenvalue weighted by Gasteiger charge is -2.24. The molecule has 0 saturated heterocycles. The predicted molar refractivity (Wildman–Crippen MR) is 53.1 cm³/mol. The first kappa shape index (κ1) is 12.6. The maximum Gasteiger partial charge on any atom is 0.248 e. The Balaban J connectivity index is 2.35. The molecule has 1 fully saturated rings. The summed E-state index contributed by atoms with van der Waals surface area (Å²) >= 11 is 0. The Labute approximate surface area is 89.0 Å². The molecule has 0 aliphatic heterocycles. The van der Waals surface area contributed by atoms with Crippen LogP contribution in [0.3, 0.4) is 0 Å². The summed E-state index contributed by atoms with van der Waals surface area (Å²) < 4.78 is 31.5. The lowest BCUT2D eigenvalue weighted by Crippen LogP contribution is -2.25. The number of alkyl halides is 2. The van der Waals surface area contributed by atoms with Gasteiger partial charge in [0.05, 0.1) is 6.10 Å². The number of hydrogen-bond donors (Lipinski definition) is 0. The standard InChI is InChI=1S/C11H18F2O2/c1-9(14)8-15-10-4-2-3-6-11(12,13)7-5-10/h10H,2-8H2,1H3. The monoisotopic (exact) mass is 220 g/mol. The molecule has 2 nitrogen and oxygen atoms in total. The molecule has 0 aromatic carbocycles. The van der Waals surface area contributed by atoms with Gasteiger partial charge in [0.2, 0.25) is 5.92 Å². The Morgan fingerprint density at radius 3 is 2.73 bits per heavy atom. The molecule has 4 heteroatoms. The van der Waals surface area contributed by atoms with Gasteiger partial charge in [0.15, 0.2) is 5.78 Å². The van der Waals surface area contributed by atoms with Crippen molar-refractivity contribution in [3.05, 3.63) is 0 Å². The fraction of sp³-hybridized carbons (Fsp3) is 0.909. The van der Waals surface area contributed by atoms with E-state index < -0.39 is 5.92 Å². The molecule has 0 N–H and O–H groups in total. The molecule has 1 unspecified atom stereocenters. The first-order chi connectivity index (χ1) is 6.99. The molecule has 15 heavy (non-hydrogen) atoms. The zero-order valence-electron chi connectivity index (χ0n) is 9.10. The van der Waals surface area contributed by atoms with E-state index in [-0.39, 0.29) is 31.3 Å². The molecule has 0 aromatic rings. The predicted octanol–water partition coefficient (Wildman–Crippen LogP) is 2.95. The van der Waals surface area contributed by atoms with Crippen LogP contribution in [0.4, 0.5) is 8.78 Å². The topological polar surface area (TPSA) is 26.3 Å². The number of hydrogen-bond acceptors (Lipinski definition) is 2. The van der Waals surface area contributed by atoms with Crippen LogP contribution in [0, 0.1) is 0 Å². The van der Waals surface area contributed by atoms with Gasteiger partial charge in [0.1, 0.15) is 6.61 Å². The van der Waals surface area contributed by atoms with Crippen molar-refractivity contribution < 1.29 is 18.3 Å². The molecule has 1 aliphatic rings. The van der Waals surface area contributed by atoms with E-state index in [1.54, 1.807) is 0 Å². The van der Waals surface area contributed by atoms with Crippen molar-refractivity contribution in [1.29, 1.82) is 0 Å². The summed E-state index contributed by atoms with van der Waals surface area (Å²) in [6, 6.07) is 0. The molecule has 1 rings (SSSR count). The Kier molecular flexibility index (Phi) is 4.64. The molecular formula is C11H18F2O2. The van der Waals surface area contributed by atoms with Gasteiger partial charge in [-0.05, 0) is 26.2 Å². The molecule has 0 radical (unpaired) electrons. The quantitative estimate of drug-likeness (QED) is 0.731. The SMILES string of the molecule is CC(=O)COC1CCCCC(F)(F)CC1. The maximum atomic E-state index is 13.1. The largest absolute Gasteiger partial charge is 0.370 e. The first-order valence-corrected chi connectivity index (χ1v) is 5.48. The smallest absolute Gasteiger partial charge is 0.248 e. The summed E-state index contributed by atoms with van der Waals surface area (Å²) in [7, 11) is 0. The van der Waals surface area contributed by atoms with Crippen molar-refractivity contribution in [1.82, 2.24) is 0 Å². The Morgan fingerprint density at radius 1 is 1.33 bits per heavy atom. The minimum atomic E-state index is -2.54. The zero-order valence-corrected chi connectivity index (χ0v) is 9.10. The molecule has 0 bridgehead atoms. The van der Waals surface area contributed by atoms with Gasteiger partial charge < -0.3 is 4.74 Å². The second-order valence-electron chi connectivity index (χ2n) is 4.28. The minimum absolute atomic E-state index is 0.00751. The second kappa shape index (κ2) is 5.54. The summed E-state index contributed by atoms with van der Waals surface area (Å²) in [6.45, 7) is 1.49. The Bertz CT molecular complexity index is 217. The van der Waals surface area contributed by atoms with Crippen molar-refractivity contribution >= 4 is 5.78 Å². The average Bonchev–Trinajstić information content (AvgIpc) is 2.12. The van der Waals surface area contributed by atoms with Gasteiger partial charge >= 0.3 is 0 Å². The average molecular weight is 220 g/mol. The van der Waals surface area contributed by atoms with E-state index in [4.69, 9.17) is 4.74 Å². The van der Waals surface area contributed by atoms with Crippen LogP contribution in [0.25, 0.3) is 0 Å². The van der Waals surface area contributed by atoms with E-state index in [0.717, 1.165) is 12.8 Å². The summed E-state index contributed by atoms with van der Waals surface area (Å²) in [6.07, 6.45) is 2.18. The number of ketones is 1. The Morgan fingerprint density at radius 2 is 2.07 bits per heavy atom. The number of carbonyl (C=O) groups excluding carboxylic acids is 1. The summed E-state index contributed by atoms with van der Waals surface area (Å²) in [5.41, 5.74) is 0. The number of carbonyl (C=O) groups is 1. The zero-order chi connectivity index (χ0) is 11.3. The fourth-order valence-electron chi connectivity index (χ4n) is 1.80. The highest BCUT2D eigenvalue weighted by Gasteiger charge is 2.31. The minimum Gasteiger partial charge on any atom is -0.370 e. The van der Waals surface area contributed by atoms with E-state index in [0.29, 0.717) is 12.8 Å². The summed E-state index contributed by atoms with van der Waals surface area (Å²) in [4.78, 5) is 10.7. The maximum absolute atomic E-state index is 13.1. The molecule has 1 aliphatic carbocycles. The number of rotatable bonds is 3. The van der Waals surface area contributed by atoms with Crippen molar-refractivity contribution in [3.63, 3.8) is 0 Å². The van der Waals surface area contributed by atoms with Gasteiger partial charge in [-0.1, -0.05) is 6.42 Å². The summed E-state index contributed by atoms with van der Waals surface area (Å²) in [5.74, 6) is -2.60. The molecular weight excluding hydrogens is 202 g/mol. The molecule has 88 valence electrons. The van der Waals surface area contributed by atoms with E-state index in [1.807, 2.05) is 0 Å². The number of ether oxygens (including phenoxy) is 1. The van der Waals surface area contributed by atoms with E-state index in [1.165, 1.54) is 6.92 Å².